The number of phenols is 1. The van der Waals surface area contributed by atoms with Gasteiger partial charge in [0, 0.05) is 10.8 Å². The van der Waals surface area contributed by atoms with Crippen LogP contribution < -0.4 is 0 Å². The molecule has 2 aliphatic rings. The van der Waals surface area contributed by atoms with Gasteiger partial charge in [-0.2, -0.15) is 5.26 Å². The molecule has 0 bridgehead atoms. The molecular formula is C26H22N2O. The van der Waals surface area contributed by atoms with Crippen LogP contribution in [0.3, 0.4) is 0 Å². The molecule has 1 fully saturated rings. The summed E-state index contributed by atoms with van der Waals surface area (Å²) >= 11 is 0. The molecule has 4 aromatic rings. The first-order chi connectivity index (χ1) is 14.3. The molecule has 2 atom stereocenters. The first-order valence-electron chi connectivity index (χ1n) is 10.5. The van der Waals surface area contributed by atoms with Gasteiger partial charge in [0.2, 0.25) is 0 Å². The molecule has 0 amide bonds. The number of aromatic nitrogens is 1. The highest BCUT2D eigenvalue weighted by Crippen LogP contribution is 2.56. The van der Waals surface area contributed by atoms with Crippen LogP contribution in [0.5, 0.6) is 5.75 Å². The molecule has 29 heavy (non-hydrogen) atoms. The first-order valence-corrected chi connectivity index (χ1v) is 10.5. The van der Waals surface area contributed by atoms with Crippen LogP contribution in [0.1, 0.15) is 48.6 Å². The summed E-state index contributed by atoms with van der Waals surface area (Å²) in [6.07, 6.45) is 4.92. The van der Waals surface area contributed by atoms with Gasteiger partial charge in [-0.3, -0.25) is 0 Å². The van der Waals surface area contributed by atoms with Crippen molar-refractivity contribution in [2.45, 2.75) is 44.1 Å². The van der Waals surface area contributed by atoms with Crippen LogP contribution in [-0.4, -0.2) is 9.67 Å². The maximum absolute atomic E-state index is 11.1. The van der Waals surface area contributed by atoms with E-state index in [1.54, 1.807) is 0 Å². The number of hydrogen-bond acceptors (Lipinski definition) is 2. The number of fused-ring (bicyclic) bond motifs is 10. The minimum Gasteiger partial charge on any atom is -0.506 e. The Kier molecular flexibility index (Phi) is 3.52. The largest absolute Gasteiger partial charge is 0.506 e. The highest BCUT2D eigenvalue weighted by molar-refractivity contribution is 6.18. The highest BCUT2D eigenvalue weighted by atomic mass is 16.3. The monoisotopic (exact) mass is 378 g/mol. The Morgan fingerprint density at radius 2 is 1.69 bits per heavy atom. The number of rotatable bonds is 1. The summed E-state index contributed by atoms with van der Waals surface area (Å²) in [6, 6.07) is 21.3. The summed E-state index contributed by atoms with van der Waals surface area (Å²) in [7, 11) is 0. The Morgan fingerprint density at radius 3 is 2.52 bits per heavy atom. The second-order valence-corrected chi connectivity index (χ2v) is 8.43. The van der Waals surface area contributed by atoms with Gasteiger partial charge in [-0.05, 0) is 59.1 Å². The van der Waals surface area contributed by atoms with E-state index in [1.165, 1.54) is 47.9 Å². The smallest absolute Gasteiger partial charge is 0.140 e. The maximum atomic E-state index is 11.1. The molecule has 0 spiro atoms. The third-order valence-corrected chi connectivity index (χ3v) is 7.07. The zero-order valence-corrected chi connectivity index (χ0v) is 16.2. The van der Waals surface area contributed by atoms with Crippen molar-refractivity contribution in [1.29, 1.82) is 5.26 Å². The Hall–Kier alpha value is -3.25. The third kappa shape index (κ3) is 2.17. The summed E-state index contributed by atoms with van der Waals surface area (Å²) in [6.45, 7) is 0.226. The average molecular weight is 378 g/mol. The van der Waals surface area contributed by atoms with Gasteiger partial charge in [0.05, 0.1) is 17.1 Å². The van der Waals surface area contributed by atoms with Crippen molar-refractivity contribution >= 4 is 21.8 Å². The maximum Gasteiger partial charge on any atom is 0.140 e. The second kappa shape index (κ2) is 6.12. The van der Waals surface area contributed by atoms with E-state index in [2.05, 4.69) is 42.5 Å². The quantitative estimate of drug-likeness (QED) is 0.414. The minimum atomic E-state index is 0.226. The van der Waals surface area contributed by atoms with Gasteiger partial charge < -0.3 is 9.67 Å². The lowest BCUT2D eigenvalue weighted by atomic mass is 9.65. The van der Waals surface area contributed by atoms with Crippen molar-refractivity contribution in [3.8, 4) is 22.9 Å². The third-order valence-electron chi connectivity index (χ3n) is 7.07. The number of nitriles is 1. The molecular weight excluding hydrogens is 356 g/mol. The van der Waals surface area contributed by atoms with Gasteiger partial charge in [0.15, 0.2) is 0 Å². The molecule has 0 radical (unpaired) electrons. The van der Waals surface area contributed by atoms with Gasteiger partial charge in [0.1, 0.15) is 12.3 Å². The molecule has 1 saturated carbocycles. The highest BCUT2D eigenvalue weighted by Gasteiger charge is 2.37. The number of nitrogens with zero attached hydrogens (tertiary/aromatic N) is 2. The molecule has 1 aromatic heterocycles. The van der Waals surface area contributed by atoms with Crippen molar-refractivity contribution < 1.29 is 5.11 Å². The molecule has 3 nitrogen and oxygen atoms in total. The van der Waals surface area contributed by atoms with Crippen LogP contribution >= 0.6 is 0 Å². The fraction of sp³-hybridized carbons (Fsp3) is 0.269. The van der Waals surface area contributed by atoms with E-state index in [0.717, 1.165) is 21.8 Å². The van der Waals surface area contributed by atoms with Crippen molar-refractivity contribution in [3.63, 3.8) is 0 Å². The Bertz CT molecular complexity index is 1320. The zero-order chi connectivity index (χ0) is 19.5. The molecule has 3 heteroatoms. The van der Waals surface area contributed by atoms with Gasteiger partial charge in [-0.25, -0.2) is 0 Å². The summed E-state index contributed by atoms with van der Waals surface area (Å²) in [4.78, 5) is 0. The average Bonchev–Trinajstić information content (AvgIpc) is 3.09. The predicted octanol–water partition coefficient (Wildman–Crippen LogP) is 6.45. The van der Waals surface area contributed by atoms with E-state index in [-0.39, 0.29) is 6.54 Å². The van der Waals surface area contributed by atoms with E-state index in [0.29, 0.717) is 17.6 Å². The van der Waals surface area contributed by atoms with E-state index in [9.17, 15) is 10.4 Å². The van der Waals surface area contributed by atoms with Gasteiger partial charge in [-0.15, -0.1) is 0 Å². The van der Waals surface area contributed by atoms with Crippen LogP contribution in [0.2, 0.25) is 0 Å². The van der Waals surface area contributed by atoms with Gasteiger partial charge in [-0.1, -0.05) is 55.3 Å². The van der Waals surface area contributed by atoms with Gasteiger partial charge in [0.25, 0.3) is 0 Å². The van der Waals surface area contributed by atoms with E-state index in [4.69, 9.17) is 0 Å². The molecule has 1 N–H and O–H groups in total. The molecule has 142 valence electrons. The molecule has 3 aromatic carbocycles. The molecule has 6 rings (SSSR count). The molecule has 2 unspecified atom stereocenters. The Labute approximate surface area is 169 Å². The SMILES string of the molecule is N#CCn1c2ccccc2c2c3c(cc(O)c21)C1CCCCC1c1ccccc1-3. The van der Waals surface area contributed by atoms with Crippen LogP contribution in [0.4, 0.5) is 0 Å². The number of para-hydroxylation sites is 1. The van der Waals surface area contributed by atoms with Crippen LogP contribution in [-0.2, 0) is 6.54 Å². The molecule has 0 saturated heterocycles. The van der Waals surface area contributed by atoms with Crippen LogP contribution in [0.25, 0.3) is 32.9 Å². The van der Waals surface area contributed by atoms with Crippen LogP contribution in [0.15, 0.2) is 54.6 Å². The minimum absolute atomic E-state index is 0.226. The number of phenolic OH excluding ortho intramolecular Hbond substituents is 1. The topological polar surface area (TPSA) is 49.0 Å². The van der Waals surface area contributed by atoms with Gasteiger partial charge >= 0.3 is 0 Å². The summed E-state index contributed by atoms with van der Waals surface area (Å²) < 4.78 is 1.97. The number of aromatic hydroxyl groups is 1. The Morgan fingerprint density at radius 1 is 0.966 bits per heavy atom. The predicted molar refractivity (Wildman–Crippen MR) is 116 cm³/mol. The summed E-state index contributed by atoms with van der Waals surface area (Å²) in [5.41, 5.74) is 7.11. The zero-order valence-electron chi connectivity index (χ0n) is 16.2. The number of benzene rings is 3. The van der Waals surface area contributed by atoms with E-state index in [1.807, 2.05) is 22.8 Å². The Balaban J connectivity index is 1.82. The number of hydrogen-bond donors (Lipinski definition) is 1. The van der Waals surface area contributed by atoms with Crippen molar-refractivity contribution in [1.82, 2.24) is 4.57 Å². The molecule has 1 heterocycles. The fourth-order valence-corrected chi connectivity index (χ4v) is 6.00. The van der Waals surface area contributed by atoms with Crippen molar-refractivity contribution in [2.24, 2.45) is 0 Å². The summed E-state index contributed by atoms with van der Waals surface area (Å²) in [5.74, 6) is 1.30. The van der Waals surface area contributed by atoms with Crippen LogP contribution in [0, 0.1) is 11.3 Å². The normalized spacial score (nSPS) is 20.1. The lowest BCUT2D eigenvalue weighted by molar-refractivity contribution is 0.382. The van der Waals surface area contributed by atoms with E-state index >= 15 is 0 Å². The standard InChI is InChI=1S/C26H22N2O/c27-13-14-28-22-12-6-5-11-20(22)25-24-19-10-4-3-8-17(19)16-7-1-2-9-18(16)21(24)15-23(29)26(25)28/h3-6,8,10-12,15-16,18,29H,1-2,7,9,14H2. The van der Waals surface area contributed by atoms with Crippen molar-refractivity contribution in [2.75, 3.05) is 0 Å². The van der Waals surface area contributed by atoms with E-state index < -0.39 is 0 Å². The molecule has 2 aliphatic carbocycles. The lowest BCUT2D eigenvalue weighted by Crippen LogP contribution is -2.21. The molecule has 0 aliphatic heterocycles. The van der Waals surface area contributed by atoms with Crippen molar-refractivity contribution in [3.05, 3.63) is 65.7 Å². The first kappa shape index (κ1) is 16.7. The lowest BCUT2D eigenvalue weighted by Gasteiger charge is -2.39. The summed E-state index contributed by atoms with van der Waals surface area (Å²) in [5, 5.41) is 22.8. The second-order valence-electron chi connectivity index (χ2n) is 8.43. The fourth-order valence-electron chi connectivity index (χ4n) is 6.00.